The normalized spacial score (nSPS) is 13.9. The lowest BCUT2D eigenvalue weighted by molar-refractivity contribution is -0.142. The Bertz CT molecular complexity index is 684. The SMILES string of the molecule is CCOC(=O)Cc1cnc(Br)nc1Nc1cc(C2CC2)[nH]n1. The Morgan fingerprint density at radius 2 is 2.36 bits per heavy atom. The van der Waals surface area contributed by atoms with Gasteiger partial charge >= 0.3 is 5.97 Å². The summed E-state index contributed by atoms with van der Waals surface area (Å²) >= 11 is 3.24. The Balaban J connectivity index is 1.78. The second-order valence-corrected chi connectivity index (χ2v) is 5.81. The van der Waals surface area contributed by atoms with E-state index in [2.05, 4.69) is 41.4 Å². The molecular formula is C14H16BrN5O2. The van der Waals surface area contributed by atoms with Crippen LogP contribution in [0.15, 0.2) is 17.0 Å². The summed E-state index contributed by atoms with van der Waals surface area (Å²) < 4.78 is 5.41. The molecule has 0 aliphatic heterocycles. The highest BCUT2D eigenvalue weighted by Gasteiger charge is 2.25. The number of rotatable bonds is 6. The van der Waals surface area contributed by atoms with Crippen molar-refractivity contribution in [2.24, 2.45) is 0 Å². The summed E-state index contributed by atoms with van der Waals surface area (Å²) in [6, 6.07) is 1.97. The smallest absolute Gasteiger partial charge is 0.310 e. The molecule has 0 bridgehead atoms. The van der Waals surface area contributed by atoms with Crippen molar-refractivity contribution in [2.75, 3.05) is 11.9 Å². The third-order valence-corrected chi connectivity index (χ3v) is 3.72. The van der Waals surface area contributed by atoms with Crippen molar-refractivity contribution in [1.29, 1.82) is 0 Å². The zero-order valence-corrected chi connectivity index (χ0v) is 13.7. The average Bonchev–Trinajstić information content (AvgIpc) is 3.23. The van der Waals surface area contributed by atoms with Crippen LogP contribution in [0.3, 0.4) is 0 Å². The third kappa shape index (κ3) is 3.62. The Kier molecular flexibility index (Phi) is 4.37. The van der Waals surface area contributed by atoms with E-state index in [9.17, 15) is 4.79 Å². The van der Waals surface area contributed by atoms with Gasteiger partial charge in [-0.3, -0.25) is 9.89 Å². The predicted octanol–water partition coefficient (Wildman–Crippen LogP) is 2.69. The minimum absolute atomic E-state index is 0.114. The molecule has 0 aromatic carbocycles. The fraction of sp³-hybridized carbons (Fsp3) is 0.429. The summed E-state index contributed by atoms with van der Waals surface area (Å²) in [4.78, 5) is 20.0. The number of aromatic nitrogens is 4. The molecule has 0 saturated heterocycles. The van der Waals surface area contributed by atoms with Crippen LogP contribution in [0.1, 0.15) is 36.9 Å². The zero-order chi connectivity index (χ0) is 15.5. The molecule has 2 aromatic heterocycles. The molecule has 116 valence electrons. The molecule has 8 heteroatoms. The number of nitrogens with zero attached hydrogens (tertiary/aromatic N) is 3. The van der Waals surface area contributed by atoms with Gasteiger partial charge in [0.15, 0.2) is 10.6 Å². The Labute approximate surface area is 136 Å². The maximum Gasteiger partial charge on any atom is 0.310 e. The second kappa shape index (κ2) is 6.43. The molecule has 0 unspecified atom stereocenters. The molecule has 1 fully saturated rings. The van der Waals surface area contributed by atoms with Gasteiger partial charge in [-0.15, -0.1) is 0 Å². The lowest BCUT2D eigenvalue weighted by Gasteiger charge is -2.08. The number of hydrogen-bond donors (Lipinski definition) is 2. The van der Waals surface area contributed by atoms with Crippen LogP contribution in [-0.4, -0.2) is 32.7 Å². The highest BCUT2D eigenvalue weighted by atomic mass is 79.9. The van der Waals surface area contributed by atoms with Crippen LogP contribution >= 0.6 is 15.9 Å². The van der Waals surface area contributed by atoms with Gasteiger partial charge in [-0.25, -0.2) is 9.97 Å². The standard InChI is InChI=1S/C14H16BrN5O2/c1-2-22-12(21)5-9-7-16-14(15)18-13(9)17-11-6-10(19-20-11)8-3-4-8/h6-8H,2-5H2,1H3,(H2,16,17,18,19,20). The van der Waals surface area contributed by atoms with E-state index in [0.717, 1.165) is 5.69 Å². The number of nitrogens with one attached hydrogen (secondary N) is 2. The summed E-state index contributed by atoms with van der Waals surface area (Å²) in [7, 11) is 0. The molecule has 1 aliphatic rings. The van der Waals surface area contributed by atoms with Crippen LogP contribution in [0.2, 0.25) is 0 Å². The average molecular weight is 366 g/mol. The van der Waals surface area contributed by atoms with Crippen molar-refractivity contribution in [3.05, 3.63) is 28.3 Å². The largest absolute Gasteiger partial charge is 0.466 e. The van der Waals surface area contributed by atoms with Gasteiger partial charge in [-0.05, 0) is 35.7 Å². The maximum atomic E-state index is 11.7. The van der Waals surface area contributed by atoms with Gasteiger partial charge in [0.2, 0.25) is 0 Å². The van der Waals surface area contributed by atoms with Gasteiger partial charge in [0.1, 0.15) is 5.82 Å². The molecule has 0 amide bonds. The molecule has 0 spiro atoms. The first kappa shape index (κ1) is 15.0. The van der Waals surface area contributed by atoms with E-state index >= 15 is 0 Å². The van der Waals surface area contributed by atoms with Crippen LogP contribution in [-0.2, 0) is 16.0 Å². The Morgan fingerprint density at radius 3 is 3.09 bits per heavy atom. The summed E-state index contributed by atoms with van der Waals surface area (Å²) in [6.07, 6.45) is 4.12. The number of ether oxygens (including phenoxy) is 1. The zero-order valence-electron chi connectivity index (χ0n) is 12.1. The van der Waals surface area contributed by atoms with E-state index < -0.39 is 0 Å². The molecule has 0 radical (unpaired) electrons. The maximum absolute atomic E-state index is 11.7. The number of carbonyl (C=O) groups is 1. The minimum atomic E-state index is -0.308. The lowest BCUT2D eigenvalue weighted by Crippen LogP contribution is -2.10. The number of esters is 1. The van der Waals surface area contributed by atoms with Crippen molar-refractivity contribution in [3.8, 4) is 0 Å². The number of halogens is 1. The summed E-state index contributed by atoms with van der Waals surface area (Å²) in [6.45, 7) is 2.13. The number of anilines is 2. The number of hydrogen-bond acceptors (Lipinski definition) is 6. The van der Waals surface area contributed by atoms with Crippen LogP contribution in [0.4, 0.5) is 11.6 Å². The first-order chi connectivity index (χ1) is 10.7. The number of carbonyl (C=O) groups excluding carboxylic acids is 1. The molecule has 2 heterocycles. The fourth-order valence-corrected chi connectivity index (χ4v) is 2.40. The first-order valence-electron chi connectivity index (χ1n) is 7.15. The molecule has 1 aliphatic carbocycles. The van der Waals surface area contributed by atoms with Gasteiger partial charge in [-0.2, -0.15) is 5.10 Å². The molecule has 22 heavy (non-hydrogen) atoms. The number of H-pyrrole nitrogens is 1. The van der Waals surface area contributed by atoms with E-state index in [1.54, 1.807) is 13.1 Å². The second-order valence-electron chi connectivity index (χ2n) is 5.10. The van der Waals surface area contributed by atoms with E-state index in [0.29, 0.717) is 34.5 Å². The minimum Gasteiger partial charge on any atom is -0.466 e. The molecular weight excluding hydrogens is 350 g/mol. The van der Waals surface area contributed by atoms with Gasteiger partial charge in [0.05, 0.1) is 13.0 Å². The van der Waals surface area contributed by atoms with Crippen molar-refractivity contribution in [3.63, 3.8) is 0 Å². The summed E-state index contributed by atoms with van der Waals surface area (Å²) in [5.41, 5.74) is 1.79. The molecule has 1 saturated carbocycles. The van der Waals surface area contributed by atoms with Gasteiger partial charge < -0.3 is 10.1 Å². The molecule has 7 nitrogen and oxygen atoms in total. The van der Waals surface area contributed by atoms with Gasteiger partial charge in [0.25, 0.3) is 0 Å². The van der Waals surface area contributed by atoms with Crippen LogP contribution in [0, 0.1) is 0 Å². The first-order valence-corrected chi connectivity index (χ1v) is 7.94. The topological polar surface area (TPSA) is 92.8 Å². The number of aromatic amines is 1. The fourth-order valence-electron chi connectivity index (χ4n) is 2.12. The quantitative estimate of drug-likeness (QED) is 0.603. The van der Waals surface area contributed by atoms with Crippen LogP contribution in [0.5, 0.6) is 0 Å². The van der Waals surface area contributed by atoms with Crippen LogP contribution in [0.25, 0.3) is 0 Å². The Hall–Kier alpha value is -1.96. The monoisotopic (exact) mass is 365 g/mol. The van der Waals surface area contributed by atoms with Crippen molar-refractivity contribution >= 4 is 33.5 Å². The van der Waals surface area contributed by atoms with E-state index in [1.165, 1.54) is 12.8 Å². The summed E-state index contributed by atoms with van der Waals surface area (Å²) in [5.74, 6) is 1.51. The molecule has 0 atom stereocenters. The predicted molar refractivity (Wildman–Crippen MR) is 83.9 cm³/mol. The van der Waals surface area contributed by atoms with Crippen molar-refractivity contribution in [1.82, 2.24) is 20.2 Å². The highest BCUT2D eigenvalue weighted by Crippen LogP contribution is 2.39. The third-order valence-electron chi connectivity index (χ3n) is 3.34. The van der Waals surface area contributed by atoms with E-state index in [-0.39, 0.29) is 12.4 Å². The molecule has 2 N–H and O–H groups in total. The van der Waals surface area contributed by atoms with Gasteiger partial charge in [0, 0.05) is 29.4 Å². The lowest BCUT2D eigenvalue weighted by atomic mass is 10.2. The van der Waals surface area contributed by atoms with Crippen LogP contribution < -0.4 is 5.32 Å². The summed E-state index contributed by atoms with van der Waals surface area (Å²) in [5, 5.41) is 10.4. The van der Waals surface area contributed by atoms with Gasteiger partial charge in [-0.1, -0.05) is 0 Å². The Morgan fingerprint density at radius 1 is 1.55 bits per heavy atom. The van der Waals surface area contributed by atoms with Crippen molar-refractivity contribution < 1.29 is 9.53 Å². The molecule has 2 aromatic rings. The van der Waals surface area contributed by atoms with E-state index in [1.807, 2.05) is 6.07 Å². The highest BCUT2D eigenvalue weighted by molar-refractivity contribution is 9.10. The molecule has 3 rings (SSSR count). The van der Waals surface area contributed by atoms with E-state index in [4.69, 9.17) is 4.74 Å². The van der Waals surface area contributed by atoms with Crippen molar-refractivity contribution in [2.45, 2.75) is 32.1 Å².